The van der Waals surface area contributed by atoms with Gasteiger partial charge in [0.15, 0.2) is 0 Å². The van der Waals surface area contributed by atoms with E-state index < -0.39 is 0 Å². The lowest BCUT2D eigenvalue weighted by atomic mass is 9.68. The lowest BCUT2D eigenvalue weighted by Crippen LogP contribution is -2.48. The van der Waals surface area contributed by atoms with Gasteiger partial charge in [-0.25, -0.2) is 0 Å². The molecule has 0 saturated heterocycles. The van der Waals surface area contributed by atoms with Gasteiger partial charge in [0.1, 0.15) is 6.23 Å². The average molecular weight is 254 g/mol. The largest absolute Gasteiger partial charge is 0.379 e. The Kier molecular flexibility index (Phi) is 5.93. The van der Waals surface area contributed by atoms with E-state index in [9.17, 15) is 5.11 Å². The lowest BCUT2D eigenvalue weighted by Gasteiger charge is -2.42. The fourth-order valence-corrected chi connectivity index (χ4v) is 3.96. The molecule has 2 saturated carbocycles. The van der Waals surface area contributed by atoms with Crippen molar-refractivity contribution in [2.45, 2.75) is 76.5 Å². The van der Waals surface area contributed by atoms with E-state index in [2.05, 4.69) is 5.32 Å². The van der Waals surface area contributed by atoms with Gasteiger partial charge in [0, 0.05) is 6.04 Å². The first-order valence-electron chi connectivity index (χ1n) is 7.95. The zero-order valence-electron chi connectivity index (χ0n) is 11.6. The van der Waals surface area contributed by atoms with Gasteiger partial charge in [0.2, 0.25) is 0 Å². The molecule has 0 radical (unpaired) electrons. The summed E-state index contributed by atoms with van der Waals surface area (Å²) in [6, 6.07) is 0.567. The fraction of sp³-hybridized carbons (Fsp3) is 1.00. The second kappa shape index (κ2) is 7.46. The highest BCUT2D eigenvalue weighted by molar-refractivity contribution is 4.89. The summed E-state index contributed by atoms with van der Waals surface area (Å²) in [7, 11) is 0. The molecule has 18 heavy (non-hydrogen) atoms. The molecule has 0 aromatic rings. The smallest absolute Gasteiger partial charge is 0.105 e. The molecule has 0 aromatic carbocycles. The number of fused-ring (bicyclic) bond motifs is 1. The quantitative estimate of drug-likeness (QED) is 0.504. The van der Waals surface area contributed by atoms with Crippen molar-refractivity contribution in [1.82, 2.24) is 5.32 Å². The number of aliphatic hydroxyl groups is 1. The van der Waals surface area contributed by atoms with E-state index in [1.807, 2.05) is 0 Å². The zero-order valence-corrected chi connectivity index (χ0v) is 11.6. The fourth-order valence-electron chi connectivity index (χ4n) is 3.96. The number of aliphatic hydroxyl groups excluding tert-OH is 1. The summed E-state index contributed by atoms with van der Waals surface area (Å²) in [4.78, 5) is 0. The predicted molar refractivity (Wildman–Crippen MR) is 75.1 cm³/mol. The Morgan fingerprint density at radius 3 is 2.67 bits per heavy atom. The van der Waals surface area contributed by atoms with Gasteiger partial charge in [-0.05, 0) is 50.5 Å². The van der Waals surface area contributed by atoms with Crippen molar-refractivity contribution < 1.29 is 5.11 Å². The minimum Gasteiger partial charge on any atom is -0.379 e. The van der Waals surface area contributed by atoms with Gasteiger partial charge in [-0.3, -0.25) is 5.32 Å². The van der Waals surface area contributed by atoms with Gasteiger partial charge in [-0.15, -0.1) is 0 Å². The zero-order chi connectivity index (χ0) is 12.8. The van der Waals surface area contributed by atoms with Crippen molar-refractivity contribution in [2.24, 2.45) is 17.6 Å². The van der Waals surface area contributed by atoms with Gasteiger partial charge in [0.25, 0.3) is 0 Å². The molecule has 0 amide bonds. The van der Waals surface area contributed by atoms with Crippen molar-refractivity contribution in [3.63, 3.8) is 0 Å². The summed E-state index contributed by atoms with van der Waals surface area (Å²) in [6.45, 7) is 0.737. The number of hydrogen-bond acceptors (Lipinski definition) is 3. The monoisotopic (exact) mass is 254 g/mol. The second-order valence-corrected chi connectivity index (χ2v) is 6.21. The van der Waals surface area contributed by atoms with Crippen molar-refractivity contribution >= 4 is 0 Å². The molecule has 2 aliphatic rings. The SMILES string of the molecule is NCCCCC(O)NC1CCCC2CCCC[C@@H]21. The molecule has 2 rings (SSSR count). The van der Waals surface area contributed by atoms with Crippen molar-refractivity contribution in [3.05, 3.63) is 0 Å². The molecule has 0 heterocycles. The van der Waals surface area contributed by atoms with E-state index in [4.69, 9.17) is 5.73 Å². The summed E-state index contributed by atoms with van der Waals surface area (Å²) >= 11 is 0. The van der Waals surface area contributed by atoms with Crippen LogP contribution in [-0.2, 0) is 0 Å². The molecule has 2 aliphatic carbocycles. The summed E-state index contributed by atoms with van der Waals surface area (Å²) in [6.07, 6.45) is 12.2. The van der Waals surface area contributed by atoms with Crippen molar-refractivity contribution in [3.8, 4) is 0 Å². The highest BCUT2D eigenvalue weighted by atomic mass is 16.3. The van der Waals surface area contributed by atoms with E-state index in [-0.39, 0.29) is 6.23 Å². The molecule has 106 valence electrons. The van der Waals surface area contributed by atoms with Crippen LogP contribution in [0.15, 0.2) is 0 Å². The van der Waals surface area contributed by atoms with E-state index >= 15 is 0 Å². The van der Waals surface area contributed by atoms with Crippen LogP contribution in [0, 0.1) is 11.8 Å². The summed E-state index contributed by atoms with van der Waals surface area (Å²) in [5, 5.41) is 13.6. The summed E-state index contributed by atoms with van der Waals surface area (Å²) in [5.74, 6) is 1.76. The Balaban J connectivity index is 1.76. The molecule has 0 spiro atoms. The van der Waals surface area contributed by atoms with Crippen LogP contribution >= 0.6 is 0 Å². The first-order valence-corrected chi connectivity index (χ1v) is 7.95. The maximum absolute atomic E-state index is 10.1. The molecule has 4 N–H and O–H groups in total. The summed E-state index contributed by atoms with van der Waals surface area (Å²) < 4.78 is 0. The number of hydrogen-bond donors (Lipinski definition) is 3. The van der Waals surface area contributed by atoms with E-state index in [1.54, 1.807) is 0 Å². The molecule has 4 atom stereocenters. The Labute approximate surface area is 112 Å². The molecule has 3 nitrogen and oxygen atoms in total. The molecular weight excluding hydrogens is 224 g/mol. The molecule has 0 aromatic heterocycles. The topological polar surface area (TPSA) is 58.3 Å². The average Bonchev–Trinajstić information content (AvgIpc) is 2.39. The predicted octanol–water partition coefficient (Wildman–Crippen LogP) is 2.38. The van der Waals surface area contributed by atoms with Crippen LogP contribution in [0.3, 0.4) is 0 Å². The van der Waals surface area contributed by atoms with Crippen molar-refractivity contribution in [1.29, 1.82) is 0 Å². The van der Waals surface area contributed by atoms with Crippen LogP contribution < -0.4 is 11.1 Å². The number of nitrogens with two attached hydrogens (primary N) is 1. The number of nitrogens with one attached hydrogen (secondary N) is 1. The first-order chi connectivity index (χ1) is 8.81. The van der Waals surface area contributed by atoms with Gasteiger partial charge in [-0.2, -0.15) is 0 Å². The van der Waals surface area contributed by atoms with Crippen LogP contribution in [0.2, 0.25) is 0 Å². The van der Waals surface area contributed by atoms with E-state index in [0.29, 0.717) is 6.04 Å². The van der Waals surface area contributed by atoms with Crippen LogP contribution in [0.5, 0.6) is 0 Å². The highest BCUT2D eigenvalue weighted by Crippen LogP contribution is 2.40. The molecule has 3 heteroatoms. The Hall–Kier alpha value is -0.120. The Morgan fingerprint density at radius 1 is 1.06 bits per heavy atom. The first kappa shape index (κ1) is 14.3. The third kappa shape index (κ3) is 3.94. The molecule has 0 bridgehead atoms. The van der Waals surface area contributed by atoms with Crippen LogP contribution in [0.1, 0.15) is 64.2 Å². The maximum Gasteiger partial charge on any atom is 0.105 e. The van der Waals surface area contributed by atoms with Gasteiger partial charge >= 0.3 is 0 Å². The highest BCUT2D eigenvalue weighted by Gasteiger charge is 2.35. The van der Waals surface area contributed by atoms with Crippen LogP contribution in [0.25, 0.3) is 0 Å². The second-order valence-electron chi connectivity index (χ2n) is 6.21. The third-order valence-corrected chi connectivity index (χ3v) is 4.91. The minimum atomic E-state index is -0.317. The molecule has 0 aliphatic heterocycles. The normalized spacial score (nSPS) is 34.0. The molecular formula is C15H30N2O. The minimum absolute atomic E-state index is 0.317. The summed E-state index contributed by atoms with van der Waals surface area (Å²) in [5.41, 5.74) is 5.48. The Bertz CT molecular complexity index is 233. The van der Waals surface area contributed by atoms with E-state index in [0.717, 1.165) is 37.6 Å². The van der Waals surface area contributed by atoms with Crippen LogP contribution in [0.4, 0.5) is 0 Å². The Morgan fingerprint density at radius 2 is 1.83 bits per heavy atom. The van der Waals surface area contributed by atoms with Crippen LogP contribution in [-0.4, -0.2) is 23.9 Å². The van der Waals surface area contributed by atoms with Gasteiger partial charge in [0.05, 0.1) is 0 Å². The number of rotatable bonds is 6. The standard InChI is InChI=1S/C15H30N2O/c16-11-4-3-10-15(18)17-14-9-5-7-12-6-1-2-8-13(12)14/h12-15,17-18H,1-11,16H2/t12?,13-,14?,15?/m0/s1. The van der Waals surface area contributed by atoms with Gasteiger partial charge in [-0.1, -0.05) is 32.1 Å². The maximum atomic E-state index is 10.1. The molecule has 2 fully saturated rings. The van der Waals surface area contributed by atoms with E-state index in [1.165, 1.54) is 44.9 Å². The molecule has 3 unspecified atom stereocenters. The lowest BCUT2D eigenvalue weighted by molar-refractivity contribution is 0.0552. The van der Waals surface area contributed by atoms with Crippen molar-refractivity contribution in [2.75, 3.05) is 6.54 Å². The van der Waals surface area contributed by atoms with Gasteiger partial charge < -0.3 is 10.8 Å². The number of unbranched alkanes of at least 4 members (excludes halogenated alkanes) is 1. The third-order valence-electron chi connectivity index (χ3n) is 4.91.